The van der Waals surface area contributed by atoms with Crippen LogP contribution in [-0.2, 0) is 9.84 Å². The fourth-order valence-corrected chi connectivity index (χ4v) is 4.31. The van der Waals surface area contributed by atoms with Crippen LogP contribution in [0.5, 0.6) is 5.75 Å². The lowest BCUT2D eigenvalue weighted by Crippen LogP contribution is -2.37. The van der Waals surface area contributed by atoms with E-state index in [1.54, 1.807) is 7.11 Å². The molecule has 0 amide bonds. The first kappa shape index (κ1) is 15.1. The molecule has 1 saturated heterocycles. The molecule has 0 saturated carbocycles. The van der Waals surface area contributed by atoms with E-state index >= 15 is 0 Å². The maximum absolute atomic E-state index is 11.7. The topological polar surface area (TPSA) is 72.6 Å². The van der Waals surface area contributed by atoms with Gasteiger partial charge in [0.25, 0.3) is 0 Å². The van der Waals surface area contributed by atoms with E-state index in [1.807, 2.05) is 24.3 Å². The number of anilines is 1. The average molecular weight is 298 g/mol. The van der Waals surface area contributed by atoms with Crippen LogP contribution in [0.15, 0.2) is 24.3 Å². The maximum Gasteiger partial charge on any atom is 0.152 e. The number of sulfone groups is 1. The number of nitrogens with zero attached hydrogens (tertiary/aromatic N) is 1. The monoisotopic (exact) mass is 298 g/mol. The van der Waals surface area contributed by atoms with Crippen molar-refractivity contribution in [1.29, 1.82) is 0 Å². The first-order valence-corrected chi connectivity index (χ1v) is 8.69. The molecule has 1 unspecified atom stereocenters. The van der Waals surface area contributed by atoms with Crippen LogP contribution < -0.4 is 15.4 Å². The summed E-state index contributed by atoms with van der Waals surface area (Å²) < 4.78 is 28.5. The van der Waals surface area contributed by atoms with E-state index in [0.717, 1.165) is 24.4 Å². The predicted octanol–water partition coefficient (Wildman–Crippen LogP) is 1.04. The SMILES string of the molecule is COc1ccc(N(CCCN)C2CCS(=O)(=O)C2)cc1. The van der Waals surface area contributed by atoms with Crippen LogP contribution in [0, 0.1) is 0 Å². The van der Waals surface area contributed by atoms with Gasteiger partial charge in [0.1, 0.15) is 5.75 Å². The van der Waals surface area contributed by atoms with E-state index in [9.17, 15) is 8.42 Å². The number of benzene rings is 1. The summed E-state index contributed by atoms with van der Waals surface area (Å²) in [4.78, 5) is 2.16. The van der Waals surface area contributed by atoms with Gasteiger partial charge in [-0.3, -0.25) is 0 Å². The Balaban J connectivity index is 2.18. The van der Waals surface area contributed by atoms with Crippen LogP contribution in [0.25, 0.3) is 0 Å². The Morgan fingerprint density at radius 1 is 1.35 bits per heavy atom. The average Bonchev–Trinajstić information content (AvgIpc) is 2.80. The van der Waals surface area contributed by atoms with Crippen molar-refractivity contribution in [3.8, 4) is 5.75 Å². The van der Waals surface area contributed by atoms with Crippen molar-refractivity contribution in [2.75, 3.05) is 36.6 Å². The highest BCUT2D eigenvalue weighted by Gasteiger charge is 2.32. The molecule has 5 nitrogen and oxygen atoms in total. The molecule has 2 N–H and O–H groups in total. The molecule has 1 heterocycles. The minimum absolute atomic E-state index is 0.0555. The molecule has 0 aromatic heterocycles. The Kier molecular flexibility index (Phi) is 4.88. The van der Waals surface area contributed by atoms with Gasteiger partial charge in [-0.15, -0.1) is 0 Å². The van der Waals surface area contributed by atoms with Gasteiger partial charge >= 0.3 is 0 Å². The standard InChI is InChI=1S/C14H22N2O3S/c1-19-14-5-3-12(4-6-14)16(9-2-8-15)13-7-10-20(17,18)11-13/h3-6,13H,2,7-11,15H2,1H3. The van der Waals surface area contributed by atoms with Crippen molar-refractivity contribution in [2.24, 2.45) is 5.73 Å². The number of rotatable bonds is 6. The van der Waals surface area contributed by atoms with Gasteiger partial charge in [0.05, 0.1) is 18.6 Å². The zero-order valence-corrected chi connectivity index (χ0v) is 12.6. The van der Waals surface area contributed by atoms with Crippen molar-refractivity contribution in [3.05, 3.63) is 24.3 Å². The first-order chi connectivity index (χ1) is 9.55. The smallest absolute Gasteiger partial charge is 0.152 e. The van der Waals surface area contributed by atoms with Gasteiger partial charge in [0.15, 0.2) is 9.84 Å². The van der Waals surface area contributed by atoms with Gasteiger partial charge in [0, 0.05) is 18.3 Å². The number of methoxy groups -OCH3 is 1. The summed E-state index contributed by atoms with van der Waals surface area (Å²) in [5, 5.41) is 0. The third-order valence-corrected chi connectivity index (χ3v) is 5.41. The van der Waals surface area contributed by atoms with E-state index in [0.29, 0.717) is 13.0 Å². The van der Waals surface area contributed by atoms with E-state index in [4.69, 9.17) is 10.5 Å². The van der Waals surface area contributed by atoms with E-state index in [1.165, 1.54) is 0 Å². The molecule has 2 rings (SSSR count). The third kappa shape index (κ3) is 3.64. The highest BCUT2D eigenvalue weighted by molar-refractivity contribution is 7.91. The summed E-state index contributed by atoms with van der Waals surface area (Å²) in [6.45, 7) is 1.38. The van der Waals surface area contributed by atoms with Crippen LogP contribution in [0.2, 0.25) is 0 Å². The van der Waals surface area contributed by atoms with Crippen LogP contribution in [0.4, 0.5) is 5.69 Å². The summed E-state index contributed by atoms with van der Waals surface area (Å²) in [5.74, 6) is 1.32. The molecule has 0 radical (unpaired) electrons. The maximum atomic E-state index is 11.7. The number of hydrogen-bond acceptors (Lipinski definition) is 5. The van der Waals surface area contributed by atoms with Gasteiger partial charge in [-0.05, 0) is 43.7 Å². The van der Waals surface area contributed by atoms with Gasteiger partial charge in [-0.25, -0.2) is 8.42 Å². The largest absolute Gasteiger partial charge is 0.497 e. The highest BCUT2D eigenvalue weighted by Crippen LogP contribution is 2.26. The zero-order valence-electron chi connectivity index (χ0n) is 11.8. The van der Waals surface area contributed by atoms with Crippen molar-refractivity contribution in [3.63, 3.8) is 0 Å². The number of nitrogens with two attached hydrogens (primary N) is 1. The second-order valence-corrected chi connectivity index (χ2v) is 7.32. The molecule has 0 spiro atoms. The quantitative estimate of drug-likeness (QED) is 0.849. The van der Waals surface area contributed by atoms with Gasteiger partial charge in [-0.1, -0.05) is 0 Å². The van der Waals surface area contributed by atoms with E-state index < -0.39 is 9.84 Å². The van der Waals surface area contributed by atoms with Crippen LogP contribution >= 0.6 is 0 Å². The van der Waals surface area contributed by atoms with Crippen molar-refractivity contribution < 1.29 is 13.2 Å². The molecule has 1 aromatic carbocycles. The first-order valence-electron chi connectivity index (χ1n) is 6.87. The normalized spacial score (nSPS) is 20.8. The minimum atomic E-state index is -2.88. The third-order valence-electron chi connectivity index (χ3n) is 3.66. The molecule has 6 heteroatoms. The summed E-state index contributed by atoms with van der Waals surface area (Å²) in [7, 11) is -1.25. The lowest BCUT2D eigenvalue weighted by molar-refractivity contribution is 0.414. The van der Waals surface area contributed by atoms with E-state index in [2.05, 4.69) is 4.90 Å². The second kappa shape index (κ2) is 6.45. The van der Waals surface area contributed by atoms with E-state index in [-0.39, 0.29) is 17.5 Å². The Labute approximate surface area is 120 Å². The van der Waals surface area contributed by atoms with Crippen LogP contribution in [-0.4, -0.2) is 46.2 Å². The van der Waals surface area contributed by atoms with Crippen molar-refractivity contribution >= 4 is 15.5 Å². The predicted molar refractivity (Wildman–Crippen MR) is 81.1 cm³/mol. The lowest BCUT2D eigenvalue weighted by atomic mass is 10.1. The fourth-order valence-electron chi connectivity index (χ4n) is 2.58. The van der Waals surface area contributed by atoms with Crippen molar-refractivity contribution in [2.45, 2.75) is 18.9 Å². The lowest BCUT2D eigenvalue weighted by Gasteiger charge is -2.30. The van der Waals surface area contributed by atoms with Crippen LogP contribution in [0.3, 0.4) is 0 Å². The minimum Gasteiger partial charge on any atom is -0.497 e. The Morgan fingerprint density at radius 3 is 2.55 bits per heavy atom. The number of hydrogen-bond donors (Lipinski definition) is 1. The van der Waals surface area contributed by atoms with Gasteiger partial charge < -0.3 is 15.4 Å². The van der Waals surface area contributed by atoms with Crippen molar-refractivity contribution in [1.82, 2.24) is 0 Å². The molecule has 112 valence electrons. The summed E-state index contributed by atoms with van der Waals surface area (Å²) >= 11 is 0. The fraction of sp³-hybridized carbons (Fsp3) is 0.571. The molecule has 1 fully saturated rings. The molecular formula is C14H22N2O3S. The van der Waals surface area contributed by atoms with Gasteiger partial charge in [0.2, 0.25) is 0 Å². The molecule has 1 aliphatic heterocycles. The molecule has 1 aliphatic rings. The zero-order chi connectivity index (χ0) is 14.6. The highest BCUT2D eigenvalue weighted by atomic mass is 32.2. The Hall–Kier alpha value is -1.27. The molecule has 0 bridgehead atoms. The Bertz CT molecular complexity index is 528. The summed E-state index contributed by atoms with van der Waals surface area (Å²) in [6.07, 6.45) is 1.54. The number of ether oxygens (including phenoxy) is 1. The van der Waals surface area contributed by atoms with Crippen LogP contribution in [0.1, 0.15) is 12.8 Å². The molecule has 1 aromatic rings. The van der Waals surface area contributed by atoms with Gasteiger partial charge in [-0.2, -0.15) is 0 Å². The molecular weight excluding hydrogens is 276 g/mol. The molecule has 0 aliphatic carbocycles. The molecule has 1 atom stereocenters. The molecule has 20 heavy (non-hydrogen) atoms. The Morgan fingerprint density at radius 2 is 2.05 bits per heavy atom. The second-order valence-electron chi connectivity index (χ2n) is 5.09. The summed E-state index contributed by atoms with van der Waals surface area (Å²) in [5.41, 5.74) is 6.62. The summed E-state index contributed by atoms with van der Waals surface area (Å²) in [6, 6.07) is 7.79.